The molecule has 1 N–H and O–H groups in total. The zero-order valence-corrected chi connectivity index (χ0v) is 17.4. The van der Waals surface area contributed by atoms with Crippen LogP contribution in [0.1, 0.15) is 11.3 Å². The smallest absolute Gasteiger partial charge is 0.270 e. The van der Waals surface area contributed by atoms with Gasteiger partial charge in [0.25, 0.3) is 11.8 Å². The third-order valence-electron chi connectivity index (χ3n) is 4.54. The van der Waals surface area contributed by atoms with Crippen LogP contribution >= 0.6 is 23.8 Å². The first-order valence-corrected chi connectivity index (χ1v) is 9.79. The molecular weight excluding hydrogens is 420 g/mol. The largest absolute Gasteiger partial charge is 0.298 e. The number of aromatic nitrogens is 2. The minimum Gasteiger partial charge on any atom is -0.298 e. The van der Waals surface area contributed by atoms with E-state index in [-0.39, 0.29) is 10.7 Å². The SMILES string of the molecule is Cc1nc(-c2ccccc2)ncc1C=C1C(=O)NC(=S)N(c2ccc(Cl)cc2)C1=O. The third-order valence-corrected chi connectivity index (χ3v) is 5.07. The average molecular weight is 435 g/mol. The molecular formula is C22H15ClN4O2S. The van der Waals surface area contributed by atoms with Gasteiger partial charge in [-0.25, -0.2) is 9.97 Å². The zero-order chi connectivity index (χ0) is 21.3. The number of carbonyl (C=O) groups excluding carboxylic acids is 2. The Balaban J connectivity index is 1.70. The van der Waals surface area contributed by atoms with Crippen molar-refractivity contribution in [2.75, 3.05) is 4.90 Å². The molecule has 1 aromatic heterocycles. The van der Waals surface area contributed by atoms with Crippen molar-refractivity contribution < 1.29 is 9.59 Å². The maximum atomic E-state index is 13.1. The summed E-state index contributed by atoms with van der Waals surface area (Å²) in [5, 5.41) is 3.09. The molecule has 0 unspecified atom stereocenters. The Morgan fingerprint density at radius 1 is 1.07 bits per heavy atom. The summed E-state index contributed by atoms with van der Waals surface area (Å²) in [5.74, 6) is -0.530. The van der Waals surface area contributed by atoms with Gasteiger partial charge in [-0.15, -0.1) is 0 Å². The Bertz CT molecular complexity index is 1190. The van der Waals surface area contributed by atoms with Crippen LogP contribution in [-0.2, 0) is 9.59 Å². The van der Waals surface area contributed by atoms with Crippen molar-refractivity contribution in [1.29, 1.82) is 0 Å². The molecule has 148 valence electrons. The number of halogens is 1. The second kappa shape index (κ2) is 8.14. The van der Waals surface area contributed by atoms with Crippen LogP contribution in [0.3, 0.4) is 0 Å². The zero-order valence-electron chi connectivity index (χ0n) is 15.8. The van der Waals surface area contributed by atoms with Crippen LogP contribution in [0.25, 0.3) is 17.5 Å². The molecule has 8 heteroatoms. The number of rotatable bonds is 3. The molecule has 2 heterocycles. The molecule has 1 aliphatic rings. The van der Waals surface area contributed by atoms with Crippen molar-refractivity contribution in [2.45, 2.75) is 6.92 Å². The summed E-state index contributed by atoms with van der Waals surface area (Å²) in [6.45, 7) is 1.80. The fraction of sp³-hybridized carbons (Fsp3) is 0.0455. The summed E-state index contributed by atoms with van der Waals surface area (Å²) >= 11 is 11.1. The maximum Gasteiger partial charge on any atom is 0.270 e. The number of nitrogens with one attached hydrogen (secondary N) is 1. The summed E-state index contributed by atoms with van der Waals surface area (Å²) < 4.78 is 0. The lowest BCUT2D eigenvalue weighted by Gasteiger charge is -2.29. The number of hydrogen-bond donors (Lipinski definition) is 1. The molecule has 0 aliphatic carbocycles. The van der Waals surface area contributed by atoms with E-state index in [1.165, 1.54) is 11.0 Å². The molecule has 0 radical (unpaired) electrons. The summed E-state index contributed by atoms with van der Waals surface area (Å²) in [7, 11) is 0. The summed E-state index contributed by atoms with van der Waals surface area (Å²) in [4.78, 5) is 35.7. The van der Waals surface area contributed by atoms with Gasteiger partial charge in [-0.3, -0.25) is 19.8 Å². The molecule has 1 fully saturated rings. The highest BCUT2D eigenvalue weighted by atomic mass is 35.5. The van der Waals surface area contributed by atoms with Gasteiger partial charge in [0.2, 0.25) is 0 Å². The lowest BCUT2D eigenvalue weighted by molar-refractivity contribution is -0.122. The van der Waals surface area contributed by atoms with E-state index in [2.05, 4.69) is 15.3 Å². The number of amides is 2. The first-order valence-electron chi connectivity index (χ1n) is 9.00. The van der Waals surface area contributed by atoms with Crippen LogP contribution < -0.4 is 10.2 Å². The normalized spacial score (nSPS) is 15.5. The number of thiocarbonyl (C=S) groups is 1. The van der Waals surface area contributed by atoms with Crippen molar-refractivity contribution in [1.82, 2.24) is 15.3 Å². The molecule has 0 atom stereocenters. The van der Waals surface area contributed by atoms with E-state index in [4.69, 9.17) is 23.8 Å². The van der Waals surface area contributed by atoms with Gasteiger partial charge >= 0.3 is 0 Å². The Labute approximate surface area is 183 Å². The van der Waals surface area contributed by atoms with Gasteiger partial charge in [-0.2, -0.15) is 0 Å². The van der Waals surface area contributed by atoms with E-state index in [1.807, 2.05) is 30.3 Å². The van der Waals surface area contributed by atoms with Gasteiger partial charge in [-0.1, -0.05) is 41.9 Å². The lowest BCUT2D eigenvalue weighted by Crippen LogP contribution is -2.54. The Kier molecular flexibility index (Phi) is 5.39. The number of aryl methyl sites for hydroxylation is 1. The maximum absolute atomic E-state index is 13.1. The van der Waals surface area contributed by atoms with Crippen molar-refractivity contribution in [3.8, 4) is 11.4 Å². The second-order valence-electron chi connectivity index (χ2n) is 6.53. The second-order valence-corrected chi connectivity index (χ2v) is 7.36. The quantitative estimate of drug-likeness (QED) is 0.384. The number of anilines is 1. The summed E-state index contributed by atoms with van der Waals surface area (Å²) in [6.07, 6.45) is 3.07. The van der Waals surface area contributed by atoms with Crippen molar-refractivity contribution in [3.63, 3.8) is 0 Å². The lowest BCUT2D eigenvalue weighted by atomic mass is 10.1. The predicted octanol–water partition coefficient (Wildman–Crippen LogP) is 3.94. The molecule has 30 heavy (non-hydrogen) atoms. The molecule has 4 rings (SSSR count). The van der Waals surface area contributed by atoms with E-state index < -0.39 is 11.8 Å². The fourth-order valence-corrected chi connectivity index (χ4v) is 3.39. The van der Waals surface area contributed by atoms with Crippen LogP contribution in [-0.4, -0.2) is 26.9 Å². The monoisotopic (exact) mass is 434 g/mol. The van der Waals surface area contributed by atoms with E-state index in [0.29, 0.717) is 27.8 Å². The number of carbonyl (C=O) groups is 2. The van der Waals surface area contributed by atoms with Crippen LogP contribution in [0.15, 0.2) is 66.4 Å². The standard InChI is InChI=1S/C22H15ClN4O2S/c1-13-15(12-24-19(25-13)14-5-3-2-4-6-14)11-18-20(28)26-22(30)27(21(18)29)17-9-7-16(23)8-10-17/h2-12H,1H3,(H,26,28,30). The van der Waals surface area contributed by atoms with Gasteiger partial charge < -0.3 is 0 Å². The minimum absolute atomic E-state index is 0.0110. The fourth-order valence-electron chi connectivity index (χ4n) is 2.98. The van der Waals surface area contributed by atoms with Gasteiger partial charge in [0.1, 0.15) is 5.57 Å². The number of hydrogen-bond acceptors (Lipinski definition) is 5. The highest BCUT2D eigenvalue weighted by Gasteiger charge is 2.34. The third kappa shape index (κ3) is 3.85. The molecule has 2 aromatic carbocycles. The van der Waals surface area contributed by atoms with Gasteiger partial charge in [0.05, 0.1) is 5.69 Å². The highest BCUT2D eigenvalue weighted by Crippen LogP contribution is 2.24. The first kappa shape index (κ1) is 19.9. The van der Waals surface area contributed by atoms with Gasteiger partial charge in [-0.05, 0) is 49.5 Å². The first-order chi connectivity index (χ1) is 14.4. The van der Waals surface area contributed by atoms with E-state index in [9.17, 15) is 9.59 Å². The van der Waals surface area contributed by atoms with Crippen LogP contribution in [0.4, 0.5) is 5.69 Å². The molecule has 1 aliphatic heterocycles. The number of benzene rings is 2. The summed E-state index contributed by atoms with van der Waals surface area (Å²) in [5.41, 5.74) is 2.54. The Hall–Kier alpha value is -3.42. The van der Waals surface area contributed by atoms with Crippen LogP contribution in [0, 0.1) is 6.92 Å². The van der Waals surface area contributed by atoms with Crippen LogP contribution in [0.2, 0.25) is 5.02 Å². The molecule has 0 spiro atoms. The number of nitrogens with zero attached hydrogens (tertiary/aromatic N) is 3. The molecule has 1 saturated heterocycles. The predicted molar refractivity (Wildman–Crippen MR) is 120 cm³/mol. The Morgan fingerprint density at radius 3 is 2.43 bits per heavy atom. The van der Waals surface area contributed by atoms with Gasteiger partial charge in [0, 0.05) is 28.0 Å². The summed E-state index contributed by atoms with van der Waals surface area (Å²) in [6, 6.07) is 16.2. The molecule has 0 saturated carbocycles. The van der Waals surface area contributed by atoms with E-state index in [0.717, 1.165) is 5.56 Å². The topological polar surface area (TPSA) is 75.2 Å². The Morgan fingerprint density at radius 2 is 1.77 bits per heavy atom. The molecule has 2 amide bonds. The minimum atomic E-state index is -0.568. The van der Waals surface area contributed by atoms with Gasteiger partial charge in [0.15, 0.2) is 10.9 Å². The molecule has 6 nitrogen and oxygen atoms in total. The van der Waals surface area contributed by atoms with Crippen LogP contribution in [0.5, 0.6) is 0 Å². The average Bonchev–Trinajstić information content (AvgIpc) is 2.74. The molecule has 0 bridgehead atoms. The van der Waals surface area contributed by atoms with Crippen molar-refractivity contribution in [3.05, 3.63) is 82.6 Å². The highest BCUT2D eigenvalue weighted by molar-refractivity contribution is 7.80. The van der Waals surface area contributed by atoms with E-state index >= 15 is 0 Å². The molecule has 3 aromatic rings. The van der Waals surface area contributed by atoms with E-state index in [1.54, 1.807) is 37.4 Å². The van der Waals surface area contributed by atoms with Crippen molar-refractivity contribution in [2.24, 2.45) is 0 Å². The van der Waals surface area contributed by atoms with Crippen molar-refractivity contribution >= 4 is 52.5 Å².